The molecule has 0 unspecified atom stereocenters. The molecule has 0 aliphatic rings. The van der Waals surface area contributed by atoms with Gasteiger partial charge in [-0.25, -0.2) is 0 Å². The lowest BCUT2D eigenvalue weighted by atomic mass is 9.95. The van der Waals surface area contributed by atoms with Crippen molar-refractivity contribution in [3.05, 3.63) is 165 Å². The SMILES string of the molecule is c1ccc(-n2c3cc(-c4ccc(-c5cccnc5)nc4)ccc3c3c4ccccc4c(-c4ccc(-c5cccnc5)nc4)cc32)cc1. The Balaban J connectivity index is 1.26. The van der Waals surface area contributed by atoms with Crippen LogP contribution in [0.1, 0.15) is 0 Å². The monoisotopic (exact) mass is 601 g/mol. The van der Waals surface area contributed by atoms with Crippen molar-refractivity contribution >= 4 is 32.6 Å². The Bertz CT molecular complexity index is 2520. The van der Waals surface area contributed by atoms with Gasteiger partial charge in [0.1, 0.15) is 0 Å². The van der Waals surface area contributed by atoms with Crippen molar-refractivity contribution in [2.75, 3.05) is 0 Å². The van der Waals surface area contributed by atoms with Gasteiger partial charge in [-0.05, 0) is 82.6 Å². The van der Waals surface area contributed by atoms with E-state index in [2.05, 4.69) is 118 Å². The number of fused-ring (bicyclic) bond motifs is 5. The Morgan fingerprint density at radius 2 is 1.04 bits per heavy atom. The highest BCUT2D eigenvalue weighted by atomic mass is 15.0. The van der Waals surface area contributed by atoms with Gasteiger partial charge >= 0.3 is 0 Å². The average Bonchev–Trinajstić information content (AvgIpc) is 3.49. The quantitative estimate of drug-likeness (QED) is 0.197. The Labute approximate surface area is 271 Å². The topological polar surface area (TPSA) is 56.5 Å². The van der Waals surface area contributed by atoms with Crippen LogP contribution in [0.5, 0.6) is 0 Å². The summed E-state index contributed by atoms with van der Waals surface area (Å²) in [5, 5.41) is 4.86. The molecule has 5 aromatic heterocycles. The number of nitrogens with zero attached hydrogens (tertiary/aromatic N) is 5. The standard InChI is InChI=1S/C42H27N5/c1-2-10-33(11-3-1)47-40-22-28(29-15-18-38(45-26-29)31-8-6-20-43-24-31)14-17-36(40)42-35-13-5-4-12-34(35)37(23-41(42)47)30-16-19-39(46-27-30)32-9-7-21-44-25-32/h1-27H. The number of hydrogen-bond donors (Lipinski definition) is 0. The van der Waals surface area contributed by atoms with Crippen LogP contribution < -0.4 is 0 Å². The minimum absolute atomic E-state index is 0.904. The van der Waals surface area contributed by atoms with Crippen molar-refractivity contribution in [1.29, 1.82) is 0 Å². The second-order valence-corrected chi connectivity index (χ2v) is 11.6. The number of hydrogen-bond acceptors (Lipinski definition) is 4. The van der Waals surface area contributed by atoms with Crippen LogP contribution in [0.25, 0.3) is 83.0 Å². The van der Waals surface area contributed by atoms with E-state index in [9.17, 15) is 0 Å². The Hall–Kier alpha value is -6.46. The van der Waals surface area contributed by atoms with Gasteiger partial charge in [-0.15, -0.1) is 0 Å². The van der Waals surface area contributed by atoms with Gasteiger partial charge in [0.25, 0.3) is 0 Å². The summed E-state index contributed by atoms with van der Waals surface area (Å²) in [7, 11) is 0. The molecule has 0 atom stereocenters. The molecule has 0 radical (unpaired) electrons. The van der Waals surface area contributed by atoms with E-state index in [-0.39, 0.29) is 0 Å². The molecule has 5 heteroatoms. The lowest BCUT2D eigenvalue weighted by Gasteiger charge is -2.12. The van der Waals surface area contributed by atoms with Gasteiger partial charge < -0.3 is 4.57 Å². The van der Waals surface area contributed by atoms with Gasteiger partial charge in [-0.3, -0.25) is 19.9 Å². The van der Waals surface area contributed by atoms with Crippen molar-refractivity contribution < 1.29 is 0 Å². The predicted octanol–water partition coefficient (Wildman–Crippen LogP) is 10.2. The Morgan fingerprint density at radius 1 is 0.404 bits per heavy atom. The number of para-hydroxylation sites is 1. The first-order valence-electron chi connectivity index (χ1n) is 15.6. The molecule has 9 aromatic rings. The molecule has 220 valence electrons. The second kappa shape index (κ2) is 11.2. The molecule has 0 fully saturated rings. The first kappa shape index (κ1) is 26.9. The van der Waals surface area contributed by atoms with E-state index in [4.69, 9.17) is 9.97 Å². The van der Waals surface area contributed by atoms with E-state index < -0.39 is 0 Å². The van der Waals surface area contributed by atoms with Crippen molar-refractivity contribution in [3.63, 3.8) is 0 Å². The Kier molecular flexibility index (Phi) is 6.39. The highest BCUT2D eigenvalue weighted by molar-refractivity contribution is 6.24. The van der Waals surface area contributed by atoms with Crippen LogP contribution in [0.15, 0.2) is 165 Å². The molecule has 0 amide bonds. The summed E-state index contributed by atoms with van der Waals surface area (Å²) in [6.07, 6.45) is 11.2. The Morgan fingerprint density at radius 3 is 1.68 bits per heavy atom. The van der Waals surface area contributed by atoms with Gasteiger partial charge in [0, 0.05) is 75.9 Å². The van der Waals surface area contributed by atoms with Crippen molar-refractivity contribution in [1.82, 2.24) is 24.5 Å². The third-order valence-electron chi connectivity index (χ3n) is 8.87. The third kappa shape index (κ3) is 4.64. The number of benzene rings is 4. The number of aromatic nitrogens is 5. The summed E-state index contributed by atoms with van der Waals surface area (Å²) in [6, 6.07) is 44.8. The third-order valence-corrected chi connectivity index (χ3v) is 8.87. The minimum atomic E-state index is 0.904. The predicted molar refractivity (Wildman–Crippen MR) is 191 cm³/mol. The summed E-state index contributed by atoms with van der Waals surface area (Å²) in [4.78, 5) is 18.2. The molecular weight excluding hydrogens is 574 g/mol. The maximum Gasteiger partial charge on any atom is 0.0717 e. The van der Waals surface area contributed by atoms with Crippen LogP contribution >= 0.6 is 0 Å². The molecule has 0 aliphatic carbocycles. The fourth-order valence-corrected chi connectivity index (χ4v) is 6.64. The van der Waals surface area contributed by atoms with Gasteiger partial charge in [0.15, 0.2) is 0 Å². The van der Waals surface area contributed by atoms with E-state index >= 15 is 0 Å². The van der Waals surface area contributed by atoms with Crippen molar-refractivity contribution in [2.45, 2.75) is 0 Å². The first-order chi connectivity index (χ1) is 23.3. The number of rotatable bonds is 5. The highest BCUT2D eigenvalue weighted by Gasteiger charge is 2.19. The molecule has 4 aromatic carbocycles. The maximum atomic E-state index is 4.85. The molecule has 0 spiro atoms. The van der Waals surface area contributed by atoms with Crippen LogP contribution in [0, 0.1) is 0 Å². The van der Waals surface area contributed by atoms with E-state index in [1.807, 2.05) is 49.1 Å². The van der Waals surface area contributed by atoms with Crippen molar-refractivity contribution in [2.24, 2.45) is 0 Å². The van der Waals surface area contributed by atoms with E-state index in [0.29, 0.717) is 0 Å². The van der Waals surface area contributed by atoms with Crippen LogP contribution in [0.2, 0.25) is 0 Å². The second-order valence-electron chi connectivity index (χ2n) is 11.6. The summed E-state index contributed by atoms with van der Waals surface area (Å²) in [5.41, 5.74) is 11.6. The summed E-state index contributed by atoms with van der Waals surface area (Å²) < 4.78 is 2.39. The van der Waals surface area contributed by atoms with Crippen molar-refractivity contribution in [3.8, 4) is 50.5 Å². The summed E-state index contributed by atoms with van der Waals surface area (Å²) in [6.45, 7) is 0. The molecule has 47 heavy (non-hydrogen) atoms. The molecule has 0 aliphatic heterocycles. The molecule has 0 saturated heterocycles. The first-order valence-corrected chi connectivity index (χ1v) is 15.6. The zero-order chi connectivity index (χ0) is 31.2. The fourth-order valence-electron chi connectivity index (χ4n) is 6.64. The normalized spacial score (nSPS) is 11.4. The maximum absolute atomic E-state index is 4.85. The van der Waals surface area contributed by atoms with Crippen LogP contribution in [0.3, 0.4) is 0 Å². The summed E-state index contributed by atoms with van der Waals surface area (Å²) >= 11 is 0. The molecule has 0 saturated carbocycles. The molecule has 5 nitrogen and oxygen atoms in total. The molecular formula is C42H27N5. The average molecular weight is 602 g/mol. The summed E-state index contributed by atoms with van der Waals surface area (Å²) in [5.74, 6) is 0. The van der Waals surface area contributed by atoms with Gasteiger partial charge in [0.05, 0.1) is 22.4 Å². The zero-order valence-corrected chi connectivity index (χ0v) is 25.3. The van der Waals surface area contributed by atoms with E-state index in [1.54, 1.807) is 12.4 Å². The number of pyridine rings is 4. The highest BCUT2D eigenvalue weighted by Crippen LogP contribution is 2.42. The largest absolute Gasteiger partial charge is 0.309 e. The van der Waals surface area contributed by atoms with Crippen LogP contribution in [-0.2, 0) is 0 Å². The zero-order valence-electron chi connectivity index (χ0n) is 25.3. The van der Waals surface area contributed by atoms with Gasteiger partial charge in [0.2, 0.25) is 0 Å². The molecule has 0 N–H and O–H groups in total. The molecule has 0 bridgehead atoms. The molecule has 9 rings (SSSR count). The van der Waals surface area contributed by atoms with Gasteiger partial charge in [-0.1, -0.05) is 66.7 Å². The van der Waals surface area contributed by atoms with Crippen LogP contribution in [0.4, 0.5) is 0 Å². The van der Waals surface area contributed by atoms with Gasteiger partial charge in [-0.2, -0.15) is 0 Å². The van der Waals surface area contributed by atoms with Crippen LogP contribution in [-0.4, -0.2) is 24.5 Å². The molecule has 5 heterocycles. The fraction of sp³-hybridized carbons (Fsp3) is 0. The minimum Gasteiger partial charge on any atom is -0.309 e. The van der Waals surface area contributed by atoms with E-state index in [1.165, 1.54) is 21.5 Å². The lowest BCUT2D eigenvalue weighted by Crippen LogP contribution is -1.94. The smallest absolute Gasteiger partial charge is 0.0717 e. The van der Waals surface area contributed by atoms with E-state index in [0.717, 1.165) is 61.5 Å². The lowest BCUT2D eigenvalue weighted by molar-refractivity contribution is 1.18.